The van der Waals surface area contributed by atoms with Crippen molar-refractivity contribution in [2.24, 2.45) is 4.99 Å². The molecule has 0 radical (unpaired) electrons. The minimum absolute atomic E-state index is 0.0299. The van der Waals surface area contributed by atoms with Crippen LogP contribution in [0.1, 0.15) is 37.0 Å². The van der Waals surface area contributed by atoms with Gasteiger partial charge in [0.05, 0.1) is 0 Å². The summed E-state index contributed by atoms with van der Waals surface area (Å²) in [6.07, 6.45) is 1.90. The van der Waals surface area contributed by atoms with Gasteiger partial charge in [0.2, 0.25) is 0 Å². The van der Waals surface area contributed by atoms with Gasteiger partial charge in [0.15, 0.2) is 5.96 Å². The molecular formula is C16H26N4O. The van der Waals surface area contributed by atoms with E-state index in [0.29, 0.717) is 18.2 Å². The van der Waals surface area contributed by atoms with E-state index < -0.39 is 0 Å². The summed E-state index contributed by atoms with van der Waals surface area (Å²) in [5.41, 5.74) is 0.694. The van der Waals surface area contributed by atoms with Crippen LogP contribution in [0.3, 0.4) is 0 Å². The SMILES string of the molecule is CCC(C)NC(=NC)NCCCNC(=O)c1ccccc1. The summed E-state index contributed by atoms with van der Waals surface area (Å²) >= 11 is 0. The van der Waals surface area contributed by atoms with Crippen molar-refractivity contribution in [2.45, 2.75) is 32.7 Å². The van der Waals surface area contributed by atoms with E-state index in [1.165, 1.54) is 0 Å². The van der Waals surface area contributed by atoms with Crippen LogP contribution in [-0.4, -0.2) is 38.0 Å². The third kappa shape index (κ3) is 6.79. The number of benzene rings is 1. The standard InChI is InChI=1S/C16H26N4O/c1-4-13(2)20-16(17-3)19-12-8-11-18-15(21)14-9-6-5-7-10-14/h5-7,9-10,13H,4,8,11-12H2,1-3H3,(H,18,21)(H2,17,19,20). The zero-order chi connectivity index (χ0) is 15.5. The highest BCUT2D eigenvalue weighted by molar-refractivity contribution is 5.94. The molecule has 5 heteroatoms. The predicted octanol–water partition coefficient (Wildman–Crippen LogP) is 1.77. The maximum atomic E-state index is 11.8. The number of hydrogen-bond acceptors (Lipinski definition) is 2. The van der Waals surface area contributed by atoms with Crippen molar-refractivity contribution in [3.63, 3.8) is 0 Å². The van der Waals surface area contributed by atoms with Crippen molar-refractivity contribution in [2.75, 3.05) is 20.1 Å². The van der Waals surface area contributed by atoms with E-state index in [9.17, 15) is 4.79 Å². The molecule has 0 bridgehead atoms. The number of amides is 1. The number of guanidine groups is 1. The van der Waals surface area contributed by atoms with Crippen LogP contribution in [0.4, 0.5) is 0 Å². The van der Waals surface area contributed by atoms with Gasteiger partial charge in [0, 0.05) is 31.7 Å². The van der Waals surface area contributed by atoms with Crippen molar-refractivity contribution in [1.82, 2.24) is 16.0 Å². The third-order valence-electron chi connectivity index (χ3n) is 3.19. The minimum atomic E-state index is -0.0299. The number of rotatable bonds is 7. The second-order valence-corrected chi connectivity index (χ2v) is 4.93. The highest BCUT2D eigenvalue weighted by Crippen LogP contribution is 1.97. The van der Waals surface area contributed by atoms with Crippen molar-refractivity contribution in [3.05, 3.63) is 35.9 Å². The van der Waals surface area contributed by atoms with E-state index in [1.54, 1.807) is 7.05 Å². The Morgan fingerprint density at radius 1 is 1.19 bits per heavy atom. The second-order valence-electron chi connectivity index (χ2n) is 4.93. The zero-order valence-electron chi connectivity index (χ0n) is 13.1. The first-order chi connectivity index (χ1) is 10.2. The molecule has 0 saturated carbocycles. The van der Waals surface area contributed by atoms with Crippen LogP contribution in [0.25, 0.3) is 0 Å². The topological polar surface area (TPSA) is 65.5 Å². The molecule has 0 heterocycles. The first kappa shape index (κ1) is 17.0. The Hall–Kier alpha value is -2.04. The Kier molecular flexibility index (Phi) is 7.94. The van der Waals surface area contributed by atoms with E-state index in [2.05, 4.69) is 34.8 Å². The molecule has 1 aromatic rings. The molecule has 0 saturated heterocycles. The molecule has 0 spiro atoms. The van der Waals surface area contributed by atoms with Crippen molar-refractivity contribution in [3.8, 4) is 0 Å². The molecule has 3 N–H and O–H groups in total. The average molecular weight is 290 g/mol. The Balaban J connectivity index is 2.18. The van der Waals surface area contributed by atoms with Crippen LogP contribution < -0.4 is 16.0 Å². The Labute approximate surface area is 127 Å². The molecule has 21 heavy (non-hydrogen) atoms. The molecule has 1 amide bonds. The summed E-state index contributed by atoms with van der Waals surface area (Å²) in [7, 11) is 1.76. The normalized spacial score (nSPS) is 12.6. The maximum absolute atomic E-state index is 11.8. The fourth-order valence-electron chi connectivity index (χ4n) is 1.72. The summed E-state index contributed by atoms with van der Waals surface area (Å²) in [4.78, 5) is 16.0. The fraction of sp³-hybridized carbons (Fsp3) is 0.500. The molecule has 0 aliphatic carbocycles. The van der Waals surface area contributed by atoms with Crippen molar-refractivity contribution in [1.29, 1.82) is 0 Å². The molecule has 1 atom stereocenters. The zero-order valence-corrected chi connectivity index (χ0v) is 13.1. The van der Waals surface area contributed by atoms with E-state index >= 15 is 0 Å². The first-order valence-corrected chi connectivity index (χ1v) is 7.47. The molecule has 1 aromatic carbocycles. The van der Waals surface area contributed by atoms with Gasteiger partial charge in [-0.3, -0.25) is 9.79 Å². The minimum Gasteiger partial charge on any atom is -0.356 e. The first-order valence-electron chi connectivity index (χ1n) is 7.47. The fourth-order valence-corrected chi connectivity index (χ4v) is 1.72. The lowest BCUT2D eigenvalue weighted by atomic mass is 10.2. The highest BCUT2D eigenvalue weighted by atomic mass is 16.1. The molecule has 0 aromatic heterocycles. The van der Waals surface area contributed by atoms with Gasteiger partial charge in [-0.1, -0.05) is 25.1 Å². The summed E-state index contributed by atoms with van der Waals surface area (Å²) < 4.78 is 0. The molecule has 0 aliphatic heterocycles. The average Bonchev–Trinajstić information content (AvgIpc) is 2.53. The quantitative estimate of drug-likeness (QED) is 0.407. The maximum Gasteiger partial charge on any atom is 0.251 e. The van der Waals surface area contributed by atoms with Crippen LogP contribution in [0.15, 0.2) is 35.3 Å². The van der Waals surface area contributed by atoms with E-state index in [-0.39, 0.29) is 5.91 Å². The number of hydrogen-bond donors (Lipinski definition) is 3. The largest absolute Gasteiger partial charge is 0.356 e. The number of nitrogens with zero attached hydrogens (tertiary/aromatic N) is 1. The number of nitrogens with one attached hydrogen (secondary N) is 3. The lowest BCUT2D eigenvalue weighted by Crippen LogP contribution is -2.42. The molecule has 0 aliphatic rings. The van der Waals surface area contributed by atoms with Crippen LogP contribution in [0.5, 0.6) is 0 Å². The second kappa shape index (κ2) is 9.80. The van der Waals surface area contributed by atoms with E-state index in [0.717, 1.165) is 25.3 Å². The van der Waals surface area contributed by atoms with E-state index in [1.807, 2.05) is 30.3 Å². The molecular weight excluding hydrogens is 264 g/mol. The van der Waals surface area contributed by atoms with Crippen LogP contribution >= 0.6 is 0 Å². The van der Waals surface area contributed by atoms with Crippen LogP contribution in [0.2, 0.25) is 0 Å². The van der Waals surface area contributed by atoms with Gasteiger partial charge < -0.3 is 16.0 Å². The van der Waals surface area contributed by atoms with E-state index in [4.69, 9.17) is 0 Å². The van der Waals surface area contributed by atoms with Crippen LogP contribution in [-0.2, 0) is 0 Å². The van der Waals surface area contributed by atoms with Crippen LogP contribution in [0, 0.1) is 0 Å². The smallest absolute Gasteiger partial charge is 0.251 e. The Morgan fingerprint density at radius 3 is 2.48 bits per heavy atom. The summed E-state index contributed by atoms with van der Waals surface area (Å²) in [6.45, 7) is 5.66. The highest BCUT2D eigenvalue weighted by Gasteiger charge is 2.04. The van der Waals surface area contributed by atoms with Crippen molar-refractivity contribution >= 4 is 11.9 Å². The van der Waals surface area contributed by atoms with Gasteiger partial charge in [-0.2, -0.15) is 0 Å². The molecule has 5 nitrogen and oxygen atoms in total. The molecule has 1 rings (SSSR count). The number of carbonyl (C=O) groups excluding carboxylic acids is 1. The molecule has 0 fully saturated rings. The number of carbonyl (C=O) groups is 1. The predicted molar refractivity (Wildman–Crippen MR) is 87.6 cm³/mol. The van der Waals surface area contributed by atoms with Gasteiger partial charge >= 0.3 is 0 Å². The number of aliphatic imine (C=N–C) groups is 1. The summed E-state index contributed by atoms with van der Waals surface area (Å²) in [5, 5.41) is 9.43. The lowest BCUT2D eigenvalue weighted by Gasteiger charge is -2.16. The monoisotopic (exact) mass is 290 g/mol. The van der Waals surface area contributed by atoms with Crippen molar-refractivity contribution < 1.29 is 4.79 Å². The summed E-state index contributed by atoms with van der Waals surface area (Å²) in [5.74, 6) is 0.774. The van der Waals surface area contributed by atoms with Gasteiger partial charge in [-0.25, -0.2) is 0 Å². The van der Waals surface area contributed by atoms with Gasteiger partial charge in [-0.05, 0) is 31.9 Å². The summed E-state index contributed by atoms with van der Waals surface area (Å²) in [6, 6.07) is 9.64. The lowest BCUT2D eigenvalue weighted by molar-refractivity contribution is 0.0953. The molecule has 116 valence electrons. The van der Waals surface area contributed by atoms with Gasteiger partial charge in [-0.15, -0.1) is 0 Å². The third-order valence-corrected chi connectivity index (χ3v) is 3.19. The Bertz CT molecular complexity index is 445. The Morgan fingerprint density at radius 2 is 1.86 bits per heavy atom. The van der Waals surface area contributed by atoms with Gasteiger partial charge in [0.25, 0.3) is 5.91 Å². The molecule has 1 unspecified atom stereocenters. The van der Waals surface area contributed by atoms with Gasteiger partial charge in [0.1, 0.15) is 0 Å².